The molecule has 1 nitrogen and oxygen atoms in total. The van der Waals surface area contributed by atoms with Crippen molar-refractivity contribution < 1.29 is 0 Å². The molecule has 0 fully saturated rings. The summed E-state index contributed by atoms with van der Waals surface area (Å²) in [7, 11) is 1.50. The maximum absolute atomic E-state index is 4.50. The van der Waals surface area contributed by atoms with Crippen LogP contribution in [0.4, 0.5) is 0 Å². The molecular formula is C62H53N. The van der Waals surface area contributed by atoms with E-state index in [9.17, 15) is 0 Å². The van der Waals surface area contributed by atoms with Crippen LogP contribution in [-0.4, -0.2) is 7.05 Å². The van der Waals surface area contributed by atoms with Gasteiger partial charge in [0.2, 0.25) is 0 Å². The summed E-state index contributed by atoms with van der Waals surface area (Å²) in [4.78, 5) is 0. The Bertz CT molecular complexity index is 3220. The fourth-order valence-electron chi connectivity index (χ4n) is 9.28. The smallest absolute Gasteiger partial charge is 0.00612 e. The molecule has 10 aromatic rings. The van der Waals surface area contributed by atoms with E-state index in [4.69, 9.17) is 0 Å². The Morgan fingerprint density at radius 3 is 1.67 bits per heavy atom. The van der Waals surface area contributed by atoms with Crippen molar-refractivity contribution in [3.8, 4) is 33.4 Å². The highest BCUT2D eigenvalue weighted by molar-refractivity contribution is 6.25. The Morgan fingerprint density at radius 1 is 0.413 bits per heavy atom. The van der Waals surface area contributed by atoms with Crippen LogP contribution in [0.5, 0.6) is 0 Å². The largest absolute Gasteiger partial charge is 0.333 e. The van der Waals surface area contributed by atoms with E-state index in [-0.39, 0.29) is 0 Å². The summed E-state index contributed by atoms with van der Waals surface area (Å²) in [5.41, 5.74) is 18.8. The Kier molecular flexibility index (Phi) is 12.2. The Balaban J connectivity index is 0.000000192. The van der Waals surface area contributed by atoms with E-state index in [0.717, 1.165) is 12.8 Å². The highest BCUT2D eigenvalue weighted by Gasteiger charge is 2.15. The van der Waals surface area contributed by atoms with Gasteiger partial charge >= 0.3 is 0 Å². The molecule has 0 amide bonds. The van der Waals surface area contributed by atoms with Crippen LogP contribution in [-0.2, 0) is 0 Å². The first kappa shape index (κ1) is 41.1. The Morgan fingerprint density at radius 2 is 0.968 bits per heavy atom. The van der Waals surface area contributed by atoms with Crippen LogP contribution in [0.3, 0.4) is 0 Å². The average molecular weight is 812 g/mol. The number of hydrogen-bond donors (Lipinski definition) is 1. The van der Waals surface area contributed by atoms with E-state index in [0.29, 0.717) is 5.92 Å². The summed E-state index contributed by atoms with van der Waals surface area (Å²) < 4.78 is 0. The molecule has 0 radical (unpaired) electrons. The third kappa shape index (κ3) is 8.49. The van der Waals surface area contributed by atoms with Crippen LogP contribution < -0.4 is 5.73 Å². The molecule has 306 valence electrons. The topological polar surface area (TPSA) is 26.0 Å². The Hall–Kier alpha value is -7.32. The van der Waals surface area contributed by atoms with Crippen molar-refractivity contribution in [3.63, 3.8) is 0 Å². The molecule has 63 heavy (non-hydrogen) atoms. The Labute approximate surface area is 372 Å². The van der Waals surface area contributed by atoms with Crippen molar-refractivity contribution in [3.05, 3.63) is 247 Å². The molecule has 0 aliphatic heterocycles. The lowest BCUT2D eigenvalue weighted by molar-refractivity contribution is 0.920. The lowest BCUT2D eigenvalue weighted by atomic mass is 9.88. The molecule has 0 aromatic heterocycles. The fraction of sp³-hybridized carbons (Fsp3) is 0.0968. The zero-order valence-electron chi connectivity index (χ0n) is 36.4. The fourth-order valence-corrected chi connectivity index (χ4v) is 9.28. The van der Waals surface area contributed by atoms with Crippen LogP contribution in [0.25, 0.3) is 82.0 Å². The van der Waals surface area contributed by atoms with Crippen molar-refractivity contribution >= 4 is 48.7 Å². The molecule has 10 aromatic carbocycles. The second-order valence-electron chi connectivity index (χ2n) is 16.4. The number of hydrogen-bond acceptors (Lipinski definition) is 1. The van der Waals surface area contributed by atoms with Crippen molar-refractivity contribution in [2.75, 3.05) is 7.05 Å². The number of fused-ring (bicyclic) bond motifs is 7. The van der Waals surface area contributed by atoms with Crippen LogP contribution in [0.2, 0.25) is 0 Å². The molecule has 1 atom stereocenters. The third-order valence-electron chi connectivity index (χ3n) is 12.6. The molecule has 2 N–H and O–H groups in total. The van der Waals surface area contributed by atoms with Gasteiger partial charge in [-0.2, -0.15) is 0 Å². The summed E-state index contributed by atoms with van der Waals surface area (Å²) in [6, 6.07) is 75.5. The zero-order chi connectivity index (χ0) is 43.1. The summed E-state index contributed by atoms with van der Waals surface area (Å²) in [6.45, 7) is 4.42. The van der Waals surface area contributed by atoms with Crippen molar-refractivity contribution in [1.29, 1.82) is 0 Å². The SMILES string of the molecule is CC(c1ccccc1)c1cccc(C2=CC=CCC2)c1.CN.Cc1ccc(-c2ccc3ccccc3c2-c2cccc(-c3ccc4c5ccccc5c5ccccc5c4c3)c2)cc1. The predicted octanol–water partition coefficient (Wildman–Crippen LogP) is 16.8. The van der Waals surface area contributed by atoms with Crippen molar-refractivity contribution in [2.24, 2.45) is 5.73 Å². The van der Waals surface area contributed by atoms with Crippen LogP contribution in [0.15, 0.2) is 224 Å². The van der Waals surface area contributed by atoms with E-state index in [1.54, 1.807) is 0 Å². The van der Waals surface area contributed by atoms with Gasteiger partial charge in [-0.15, -0.1) is 0 Å². The minimum absolute atomic E-state index is 0.441. The van der Waals surface area contributed by atoms with Gasteiger partial charge < -0.3 is 5.73 Å². The third-order valence-corrected chi connectivity index (χ3v) is 12.6. The van der Waals surface area contributed by atoms with E-state index in [1.807, 2.05) is 0 Å². The summed E-state index contributed by atoms with van der Waals surface area (Å²) in [6.07, 6.45) is 8.96. The molecule has 0 spiro atoms. The minimum atomic E-state index is 0.441. The molecule has 1 unspecified atom stereocenters. The van der Waals surface area contributed by atoms with E-state index < -0.39 is 0 Å². The predicted molar refractivity (Wildman–Crippen MR) is 274 cm³/mol. The summed E-state index contributed by atoms with van der Waals surface area (Å²) in [5.74, 6) is 0.441. The molecule has 1 aliphatic carbocycles. The summed E-state index contributed by atoms with van der Waals surface area (Å²) in [5, 5.41) is 10.4. The number of rotatable bonds is 6. The maximum atomic E-state index is 4.50. The van der Waals surface area contributed by atoms with Gasteiger partial charge in [0, 0.05) is 5.92 Å². The first-order chi connectivity index (χ1) is 31.1. The minimum Gasteiger partial charge on any atom is -0.333 e. The molecule has 0 saturated heterocycles. The molecule has 1 heteroatoms. The second-order valence-corrected chi connectivity index (χ2v) is 16.4. The number of allylic oxidation sites excluding steroid dienone is 4. The first-order valence-electron chi connectivity index (χ1n) is 22.2. The highest BCUT2D eigenvalue weighted by Crippen LogP contribution is 2.41. The van der Waals surface area contributed by atoms with Crippen LogP contribution in [0, 0.1) is 6.92 Å². The van der Waals surface area contributed by atoms with Gasteiger partial charge in [-0.1, -0.05) is 225 Å². The molecule has 0 saturated carbocycles. The van der Waals surface area contributed by atoms with E-state index in [1.165, 1.54) is 111 Å². The summed E-state index contributed by atoms with van der Waals surface area (Å²) >= 11 is 0. The molecule has 1 aliphatic rings. The number of benzene rings is 10. The van der Waals surface area contributed by atoms with E-state index >= 15 is 0 Å². The molecular weight excluding hydrogens is 759 g/mol. The zero-order valence-corrected chi connectivity index (χ0v) is 36.4. The number of aryl methyl sites for hydroxylation is 1. The normalized spacial score (nSPS) is 12.6. The lowest BCUT2D eigenvalue weighted by Gasteiger charge is -2.16. The number of nitrogens with two attached hydrogens (primary N) is 1. The highest BCUT2D eigenvalue weighted by atomic mass is 14.4. The standard InChI is InChI=1S/C41H28.C20H20.CH5N/c1-27-17-19-29(20-18-27)34-23-21-28-9-2-3-12-33(28)41(34)32-11-8-10-30(25-32)31-22-24-39-37-15-5-4-13-35(37)36-14-6-7-16-38(36)40(39)26-31;1-16(17-9-4-2-5-10-17)19-13-8-14-20(15-19)18-11-6-3-7-12-18;1-2/h2-26H,1H3;2-6,8-11,13-16H,7,12H2,1H3;2H2,1H3. The van der Waals surface area contributed by atoms with Gasteiger partial charge in [-0.05, 0) is 138 Å². The van der Waals surface area contributed by atoms with Gasteiger partial charge in [-0.3, -0.25) is 0 Å². The quantitative estimate of drug-likeness (QED) is 0.166. The van der Waals surface area contributed by atoms with Crippen LogP contribution >= 0.6 is 0 Å². The molecule has 11 rings (SSSR count). The van der Waals surface area contributed by atoms with Gasteiger partial charge in [0.1, 0.15) is 0 Å². The first-order valence-corrected chi connectivity index (χ1v) is 22.2. The second kappa shape index (κ2) is 18.7. The monoisotopic (exact) mass is 811 g/mol. The van der Waals surface area contributed by atoms with Gasteiger partial charge in [-0.25, -0.2) is 0 Å². The molecule has 0 bridgehead atoms. The van der Waals surface area contributed by atoms with Gasteiger partial charge in [0.05, 0.1) is 0 Å². The van der Waals surface area contributed by atoms with Crippen molar-refractivity contribution in [1.82, 2.24) is 0 Å². The van der Waals surface area contributed by atoms with Crippen molar-refractivity contribution in [2.45, 2.75) is 32.6 Å². The molecule has 0 heterocycles. The van der Waals surface area contributed by atoms with Gasteiger partial charge in [0.15, 0.2) is 0 Å². The lowest BCUT2D eigenvalue weighted by Crippen LogP contribution is -1.97. The van der Waals surface area contributed by atoms with Crippen LogP contribution in [0.1, 0.15) is 47.9 Å². The van der Waals surface area contributed by atoms with E-state index in [2.05, 4.69) is 244 Å². The van der Waals surface area contributed by atoms with Gasteiger partial charge in [0.25, 0.3) is 0 Å². The average Bonchev–Trinajstić information content (AvgIpc) is 3.37. The maximum Gasteiger partial charge on any atom is 0.00612 e.